The summed E-state index contributed by atoms with van der Waals surface area (Å²) < 4.78 is 11.4. The summed E-state index contributed by atoms with van der Waals surface area (Å²) in [5, 5.41) is 0. The predicted octanol–water partition coefficient (Wildman–Crippen LogP) is 0.859. The molecule has 7 heavy (non-hydrogen) atoms. The van der Waals surface area contributed by atoms with Crippen LogP contribution in [0.5, 0.6) is 0 Å². The molecule has 0 saturated carbocycles. The SMILES string of the molecule is C/C=C/C(N)CF. The van der Waals surface area contributed by atoms with Gasteiger partial charge in [-0.05, 0) is 6.92 Å². The molecular formula is C5H10FN. The van der Waals surface area contributed by atoms with Gasteiger partial charge in [0.05, 0.1) is 6.04 Å². The van der Waals surface area contributed by atoms with Crippen molar-refractivity contribution in [3.8, 4) is 0 Å². The van der Waals surface area contributed by atoms with Crippen LogP contribution in [0.1, 0.15) is 6.92 Å². The van der Waals surface area contributed by atoms with E-state index in [1.165, 1.54) is 0 Å². The van der Waals surface area contributed by atoms with Crippen molar-refractivity contribution in [3.63, 3.8) is 0 Å². The molecule has 0 fully saturated rings. The summed E-state index contributed by atoms with van der Waals surface area (Å²) in [4.78, 5) is 0. The van der Waals surface area contributed by atoms with Crippen molar-refractivity contribution in [2.24, 2.45) is 5.73 Å². The van der Waals surface area contributed by atoms with Gasteiger partial charge < -0.3 is 5.73 Å². The lowest BCUT2D eigenvalue weighted by molar-refractivity contribution is 0.465. The van der Waals surface area contributed by atoms with E-state index in [4.69, 9.17) is 5.73 Å². The molecule has 0 saturated heterocycles. The van der Waals surface area contributed by atoms with Crippen LogP contribution in [0.4, 0.5) is 4.39 Å². The normalized spacial score (nSPS) is 15.3. The standard InChI is InChI=1S/C5H10FN/c1-2-3-5(7)4-6/h2-3,5H,4,7H2,1H3/b3-2+. The van der Waals surface area contributed by atoms with Gasteiger partial charge in [-0.3, -0.25) is 0 Å². The highest BCUT2D eigenvalue weighted by Gasteiger charge is 1.89. The number of allylic oxidation sites excluding steroid dienone is 1. The second-order valence-electron chi connectivity index (χ2n) is 1.34. The summed E-state index contributed by atoms with van der Waals surface area (Å²) in [6.07, 6.45) is 3.37. The topological polar surface area (TPSA) is 26.0 Å². The Morgan fingerprint density at radius 3 is 2.57 bits per heavy atom. The second kappa shape index (κ2) is 3.81. The van der Waals surface area contributed by atoms with Gasteiger partial charge in [0.2, 0.25) is 0 Å². The molecule has 0 heterocycles. The summed E-state index contributed by atoms with van der Waals surface area (Å²) >= 11 is 0. The second-order valence-corrected chi connectivity index (χ2v) is 1.34. The Morgan fingerprint density at radius 2 is 2.43 bits per heavy atom. The molecule has 0 aliphatic heterocycles. The zero-order chi connectivity index (χ0) is 5.70. The molecule has 2 heteroatoms. The third kappa shape index (κ3) is 3.46. The van der Waals surface area contributed by atoms with Gasteiger partial charge in [-0.2, -0.15) is 0 Å². The minimum Gasteiger partial charge on any atom is -0.322 e. The van der Waals surface area contributed by atoms with E-state index < -0.39 is 12.7 Å². The quantitative estimate of drug-likeness (QED) is 0.515. The van der Waals surface area contributed by atoms with Crippen LogP contribution in [0, 0.1) is 0 Å². The molecule has 42 valence electrons. The molecule has 0 aliphatic rings. The molecule has 1 atom stereocenters. The molecule has 1 nitrogen and oxygen atoms in total. The average molecular weight is 103 g/mol. The number of hydrogen-bond acceptors (Lipinski definition) is 1. The summed E-state index contributed by atoms with van der Waals surface area (Å²) in [6, 6.07) is -0.398. The molecule has 0 radical (unpaired) electrons. The van der Waals surface area contributed by atoms with Crippen LogP contribution in [0.3, 0.4) is 0 Å². The van der Waals surface area contributed by atoms with Crippen molar-refractivity contribution in [2.45, 2.75) is 13.0 Å². The van der Waals surface area contributed by atoms with Crippen LogP contribution in [0.25, 0.3) is 0 Å². The first-order valence-electron chi connectivity index (χ1n) is 2.25. The number of hydrogen-bond donors (Lipinski definition) is 1. The first-order chi connectivity index (χ1) is 3.31. The fraction of sp³-hybridized carbons (Fsp3) is 0.600. The molecule has 0 aliphatic carbocycles. The maximum Gasteiger partial charge on any atom is 0.108 e. The molecule has 0 rings (SSSR count). The van der Waals surface area contributed by atoms with Crippen LogP contribution in [0.15, 0.2) is 12.2 Å². The first-order valence-corrected chi connectivity index (χ1v) is 2.25. The average Bonchev–Trinajstić information content (AvgIpc) is 1.68. The fourth-order valence-electron chi connectivity index (χ4n) is 0.299. The van der Waals surface area contributed by atoms with E-state index >= 15 is 0 Å². The van der Waals surface area contributed by atoms with Gasteiger partial charge in [-0.15, -0.1) is 0 Å². The molecule has 1 unspecified atom stereocenters. The van der Waals surface area contributed by atoms with Gasteiger partial charge in [-0.1, -0.05) is 12.2 Å². The summed E-state index contributed by atoms with van der Waals surface area (Å²) in [7, 11) is 0. The maximum atomic E-state index is 11.4. The highest BCUT2D eigenvalue weighted by atomic mass is 19.1. The largest absolute Gasteiger partial charge is 0.322 e. The van der Waals surface area contributed by atoms with Crippen molar-refractivity contribution in [1.29, 1.82) is 0 Å². The third-order valence-electron chi connectivity index (χ3n) is 0.618. The molecule has 0 aromatic rings. The lowest BCUT2D eigenvalue weighted by Crippen LogP contribution is -2.18. The van der Waals surface area contributed by atoms with E-state index in [1.807, 2.05) is 6.92 Å². The van der Waals surface area contributed by atoms with Gasteiger partial charge in [0.25, 0.3) is 0 Å². The van der Waals surface area contributed by atoms with Crippen molar-refractivity contribution in [1.82, 2.24) is 0 Å². The van der Waals surface area contributed by atoms with Crippen LogP contribution < -0.4 is 5.73 Å². The highest BCUT2D eigenvalue weighted by Crippen LogP contribution is 1.80. The molecule has 0 bridgehead atoms. The van der Waals surface area contributed by atoms with E-state index in [1.54, 1.807) is 12.2 Å². The Kier molecular flexibility index (Phi) is 3.61. The third-order valence-corrected chi connectivity index (χ3v) is 0.618. The Morgan fingerprint density at radius 1 is 1.86 bits per heavy atom. The molecule has 2 N–H and O–H groups in total. The minimum atomic E-state index is -0.468. The molecular weight excluding hydrogens is 93.1 g/mol. The Hall–Kier alpha value is -0.370. The molecule has 0 aromatic carbocycles. The lowest BCUT2D eigenvalue weighted by Gasteiger charge is -1.93. The van der Waals surface area contributed by atoms with E-state index in [0.717, 1.165) is 0 Å². The van der Waals surface area contributed by atoms with Crippen molar-refractivity contribution in [2.75, 3.05) is 6.67 Å². The minimum absolute atomic E-state index is 0.398. The van der Waals surface area contributed by atoms with Crippen LogP contribution >= 0.6 is 0 Å². The van der Waals surface area contributed by atoms with Crippen LogP contribution in [0.2, 0.25) is 0 Å². The van der Waals surface area contributed by atoms with Gasteiger partial charge in [0.15, 0.2) is 0 Å². The van der Waals surface area contributed by atoms with Crippen molar-refractivity contribution < 1.29 is 4.39 Å². The molecule has 0 spiro atoms. The zero-order valence-electron chi connectivity index (χ0n) is 4.39. The highest BCUT2D eigenvalue weighted by molar-refractivity contribution is 4.87. The van der Waals surface area contributed by atoms with Crippen molar-refractivity contribution in [3.05, 3.63) is 12.2 Å². The van der Waals surface area contributed by atoms with Gasteiger partial charge in [0.1, 0.15) is 6.67 Å². The summed E-state index contributed by atoms with van der Waals surface area (Å²) in [5.41, 5.74) is 5.12. The lowest BCUT2D eigenvalue weighted by atomic mass is 10.3. The van der Waals surface area contributed by atoms with Gasteiger partial charge >= 0.3 is 0 Å². The van der Waals surface area contributed by atoms with E-state index in [9.17, 15) is 4.39 Å². The zero-order valence-corrected chi connectivity index (χ0v) is 4.39. The fourth-order valence-corrected chi connectivity index (χ4v) is 0.299. The number of rotatable bonds is 2. The number of halogens is 1. The monoisotopic (exact) mass is 103 g/mol. The van der Waals surface area contributed by atoms with Crippen molar-refractivity contribution >= 4 is 0 Å². The molecule has 0 amide bonds. The maximum absolute atomic E-state index is 11.4. The predicted molar refractivity (Wildman–Crippen MR) is 28.8 cm³/mol. The van der Waals surface area contributed by atoms with E-state index in [2.05, 4.69) is 0 Å². The Balaban J connectivity index is 3.16. The van der Waals surface area contributed by atoms with Gasteiger partial charge in [-0.25, -0.2) is 4.39 Å². The number of nitrogens with two attached hydrogens (primary N) is 1. The molecule has 0 aromatic heterocycles. The summed E-state index contributed by atoms with van der Waals surface area (Å²) in [6.45, 7) is 1.35. The smallest absolute Gasteiger partial charge is 0.108 e. The summed E-state index contributed by atoms with van der Waals surface area (Å²) in [5.74, 6) is 0. The van der Waals surface area contributed by atoms with E-state index in [0.29, 0.717) is 0 Å². The van der Waals surface area contributed by atoms with Crippen LogP contribution in [-0.4, -0.2) is 12.7 Å². The Bertz CT molecular complexity index is 61.1. The van der Waals surface area contributed by atoms with Crippen LogP contribution in [-0.2, 0) is 0 Å². The number of alkyl halides is 1. The first kappa shape index (κ1) is 6.63. The van der Waals surface area contributed by atoms with E-state index in [-0.39, 0.29) is 0 Å². The Labute approximate surface area is 43.0 Å². The van der Waals surface area contributed by atoms with Gasteiger partial charge in [0, 0.05) is 0 Å².